The summed E-state index contributed by atoms with van der Waals surface area (Å²) in [4.78, 5) is -0.797. The van der Waals surface area contributed by atoms with E-state index in [-0.39, 0.29) is 5.02 Å². The highest BCUT2D eigenvalue weighted by Crippen LogP contribution is 2.25. The Bertz CT molecular complexity index is 590. The number of anilines is 1. The van der Waals surface area contributed by atoms with Crippen molar-refractivity contribution >= 4 is 27.3 Å². The van der Waals surface area contributed by atoms with Crippen LogP contribution in [0.5, 0.6) is 0 Å². The molecule has 1 rings (SSSR count). The first-order chi connectivity index (χ1) is 9.03. The van der Waals surface area contributed by atoms with Crippen LogP contribution in [0.25, 0.3) is 0 Å². The maximum Gasteiger partial charge on any atom is 0.389 e. The van der Waals surface area contributed by atoms with Gasteiger partial charge in [0.1, 0.15) is 4.90 Å². The Morgan fingerprint density at radius 3 is 2.45 bits per heavy atom. The highest BCUT2D eigenvalue weighted by Gasteiger charge is 2.27. The molecule has 0 heterocycles. The molecule has 0 fully saturated rings. The molecule has 3 N–H and O–H groups in total. The number of nitrogens with one attached hydrogen (secondary N) is 1. The highest BCUT2D eigenvalue weighted by atomic mass is 35.5. The molecule has 0 aliphatic carbocycles. The lowest BCUT2D eigenvalue weighted by atomic mass is 10.3. The molecule has 0 spiro atoms. The number of hydrogen-bond donors (Lipinski definition) is 2. The summed E-state index contributed by atoms with van der Waals surface area (Å²) in [6.07, 6.45) is -5.98. The van der Waals surface area contributed by atoms with Gasteiger partial charge in [0.25, 0.3) is 0 Å². The van der Waals surface area contributed by atoms with Gasteiger partial charge in [-0.05, 0) is 18.6 Å². The summed E-state index contributed by atoms with van der Waals surface area (Å²) in [5.41, 5.74) is 4.76. The minimum atomic E-state index is -4.38. The molecule has 0 saturated heterocycles. The number of benzene rings is 1. The van der Waals surface area contributed by atoms with Gasteiger partial charge in [-0.15, -0.1) is 0 Å². The predicted octanol–water partition coefficient (Wildman–Crippen LogP) is 2.68. The normalized spacial score (nSPS) is 12.7. The van der Waals surface area contributed by atoms with E-state index in [9.17, 15) is 26.0 Å². The van der Waals surface area contributed by atoms with Crippen molar-refractivity contribution in [3.05, 3.63) is 23.0 Å². The maximum absolute atomic E-state index is 13.6. The molecular weight excluding hydrogens is 324 g/mol. The Morgan fingerprint density at radius 2 is 1.90 bits per heavy atom. The summed E-state index contributed by atoms with van der Waals surface area (Å²) in [6.45, 7) is -0.478. The van der Waals surface area contributed by atoms with Crippen molar-refractivity contribution in [3.63, 3.8) is 0 Å². The van der Waals surface area contributed by atoms with Crippen LogP contribution in [0.15, 0.2) is 17.0 Å². The molecular formula is C10H11ClF4N2O2S. The third-order valence-corrected chi connectivity index (χ3v) is 3.93. The Morgan fingerprint density at radius 1 is 1.30 bits per heavy atom. The highest BCUT2D eigenvalue weighted by molar-refractivity contribution is 7.89. The minimum absolute atomic E-state index is 0.0976. The molecule has 10 heteroatoms. The molecule has 114 valence electrons. The number of sulfonamides is 1. The molecule has 0 saturated carbocycles. The molecule has 0 radical (unpaired) electrons. The van der Waals surface area contributed by atoms with Gasteiger partial charge in [-0.1, -0.05) is 11.6 Å². The summed E-state index contributed by atoms with van der Waals surface area (Å²) >= 11 is 5.56. The van der Waals surface area contributed by atoms with E-state index in [1.807, 2.05) is 4.72 Å². The van der Waals surface area contributed by atoms with Crippen LogP contribution in [0, 0.1) is 5.82 Å². The van der Waals surface area contributed by atoms with Crippen LogP contribution in [0.3, 0.4) is 0 Å². The van der Waals surface area contributed by atoms with E-state index in [1.54, 1.807) is 0 Å². The maximum atomic E-state index is 13.6. The molecule has 0 aliphatic heterocycles. The van der Waals surface area contributed by atoms with Gasteiger partial charge in [0.15, 0.2) is 5.82 Å². The van der Waals surface area contributed by atoms with Crippen LogP contribution in [-0.4, -0.2) is 21.1 Å². The average Bonchev–Trinajstić information content (AvgIpc) is 2.28. The zero-order valence-electron chi connectivity index (χ0n) is 9.97. The summed E-state index contributed by atoms with van der Waals surface area (Å²) in [5, 5.41) is -0.0976. The second-order valence-electron chi connectivity index (χ2n) is 3.92. The third-order valence-electron chi connectivity index (χ3n) is 2.25. The minimum Gasteiger partial charge on any atom is -0.396 e. The van der Waals surface area contributed by atoms with E-state index in [0.717, 1.165) is 12.1 Å². The molecule has 4 nitrogen and oxygen atoms in total. The molecule has 0 unspecified atom stereocenters. The Labute approximate surface area is 118 Å². The molecule has 1 aromatic carbocycles. The van der Waals surface area contributed by atoms with Crippen molar-refractivity contribution in [2.75, 3.05) is 12.3 Å². The fourth-order valence-electron chi connectivity index (χ4n) is 1.35. The standard InChI is InChI=1S/C10H11ClF4N2O2S/c11-6-4-7(16)9(12)8(5-6)20(18,19)17-3-1-2-10(13,14)15/h4-5,17H,1-3,16H2. The van der Waals surface area contributed by atoms with Gasteiger partial charge in [-0.3, -0.25) is 0 Å². The Balaban J connectivity index is 2.80. The molecule has 0 aromatic heterocycles. The largest absolute Gasteiger partial charge is 0.396 e. The summed E-state index contributed by atoms with van der Waals surface area (Å²) in [6, 6.07) is 1.86. The van der Waals surface area contributed by atoms with E-state index in [1.165, 1.54) is 0 Å². The van der Waals surface area contributed by atoms with Crippen LogP contribution in [0.2, 0.25) is 5.02 Å². The molecule has 20 heavy (non-hydrogen) atoms. The zero-order valence-corrected chi connectivity index (χ0v) is 11.5. The second kappa shape index (κ2) is 6.15. The fourth-order valence-corrected chi connectivity index (χ4v) is 2.85. The number of nitrogen functional groups attached to an aromatic ring is 1. The monoisotopic (exact) mass is 334 g/mol. The number of halogens is 5. The van der Waals surface area contributed by atoms with E-state index in [2.05, 4.69) is 0 Å². The lowest BCUT2D eigenvalue weighted by Crippen LogP contribution is -2.27. The second-order valence-corrected chi connectivity index (χ2v) is 6.10. The average molecular weight is 335 g/mol. The molecule has 0 bridgehead atoms. The number of alkyl halides is 3. The van der Waals surface area contributed by atoms with Gasteiger partial charge in [-0.2, -0.15) is 13.2 Å². The van der Waals surface area contributed by atoms with Gasteiger partial charge in [0.05, 0.1) is 5.69 Å². The lowest BCUT2D eigenvalue weighted by Gasteiger charge is -2.10. The molecule has 1 aromatic rings. The summed E-state index contributed by atoms with van der Waals surface area (Å²) in [7, 11) is -4.31. The van der Waals surface area contributed by atoms with Crippen LogP contribution in [0.1, 0.15) is 12.8 Å². The first kappa shape index (κ1) is 17.0. The third kappa shape index (κ3) is 4.80. The van der Waals surface area contributed by atoms with Crippen LogP contribution < -0.4 is 10.5 Å². The first-order valence-corrected chi connectivity index (χ1v) is 7.20. The number of hydrogen-bond acceptors (Lipinski definition) is 3. The van der Waals surface area contributed by atoms with Gasteiger partial charge in [-0.25, -0.2) is 17.5 Å². The van der Waals surface area contributed by atoms with Gasteiger partial charge < -0.3 is 5.73 Å². The Kier molecular flexibility index (Phi) is 5.22. The lowest BCUT2D eigenvalue weighted by molar-refractivity contribution is -0.135. The number of nitrogens with two attached hydrogens (primary N) is 1. The Hall–Kier alpha value is -1.06. The van der Waals surface area contributed by atoms with Crippen LogP contribution in [-0.2, 0) is 10.0 Å². The SMILES string of the molecule is Nc1cc(Cl)cc(S(=O)(=O)NCCCC(F)(F)F)c1F. The summed E-state index contributed by atoms with van der Waals surface area (Å²) < 4.78 is 74.6. The molecule has 0 amide bonds. The van der Waals surface area contributed by atoms with Crippen molar-refractivity contribution in [1.29, 1.82) is 0 Å². The van der Waals surface area contributed by atoms with Gasteiger partial charge in [0, 0.05) is 18.0 Å². The van der Waals surface area contributed by atoms with Crippen molar-refractivity contribution in [2.45, 2.75) is 23.9 Å². The van der Waals surface area contributed by atoms with E-state index < -0.39 is 52.0 Å². The van der Waals surface area contributed by atoms with Crippen LogP contribution in [0.4, 0.5) is 23.2 Å². The van der Waals surface area contributed by atoms with Crippen molar-refractivity contribution < 1.29 is 26.0 Å². The predicted molar refractivity (Wildman–Crippen MR) is 66.3 cm³/mol. The van der Waals surface area contributed by atoms with Gasteiger partial charge in [0.2, 0.25) is 10.0 Å². The smallest absolute Gasteiger partial charge is 0.389 e. The molecule has 0 atom stereocenters. The van der Waals surface area contributed by atoms with E-state index >= 15 is 0 Å². The van der Waals surface area contributed by atoms with Gasteiger partial charge >= 0.3 is 6.18 Å². The quantitative estimate of drug-likeness (QED) is 0.494. The topological polar surface area (TPSA) is 72.2 Å². The molecule has 0 aliphatic rings. The van der Waals surface area contributed by atoms with Crippen molar-refractivity contribution in [1.82, 2.24) is 4.72 Å². The van der Waals surface area contributed by atoms with Crippen molar-refractivity contribution in [2.24, 2.45) is 0 Å². The van der Waals surface area contributed by atoms with Crippen LogP contribution >= 0.6 is 11.6 Å². The van der Waals surface area contributed by atoms with Crippen molar-refractivity contribution in [3.8, 4) is 0 Å². The number of rotatable bonds is 5. The van der Waals surface area contributed by atoms with E-state index in [0.29, 0.717) is 0 Å². The summed E-state index contributed by atoms with van der Waals surface area (Å²) in [5.74, 6) is -1.20. The van der Waals surface area contributed by atoms with E-state index in [4.69, 9.17) is 17.3 Å². The zero-order chi connectivity index (χ0) is 15.6. The first-order valence-electron chi connectivity index (χ1n) is 5.34. The fraction of sp³-hybridized carbons (Fsp3) is 0.400.